The maximum Gasteiger partial charge on any atom is 0.327 e. The molecule has 1 aliphatic heterocycles. The molecule has 98 valence electrons. The predicted octanol–water partition coefficient (Wildman–Crippen LogP) is -0.262. The summed E-state index contributed by atoms with van der Waals surface area (Å²) in [6.45, 7) is 4.07. The lowest BCUT2D eigenvalue weighted by Gasteiger charge is -2.34. The molecule has 0 bridgehead atoms. The molecule has 1 aliphatic rings. The van der Waals surface area contributed by atoms with Gasteiger partial charge in [0.2, 0.25) is 5.88 Å². The molecule has 2 N–H and O–H groups in total. The van der Waals surface area contributed by atoms with Crippen molar-refractivity contribution in [3.63, 3.8) is 0 Å². The van der Waals surface area contributed by atoms with Crippen LogP contribution in [0.4, 0.5) is 5.82 Å². The van der Waals surface area contributed by atoms with Crippen molar-refractivity contribution in [2.75, 3.05) is 31.1 Å². The topological polar surface area (TPSA) is 87.6 Å². The van der Waals surface area contributed by atoms with Crippen LogP contribution in [0.15, 0.2) is 12.4 Å². The Morgan fingerprint density at radius 3 is 3.22 bits per heavy atom. The molecule has 2 rings (SSSR count). The highest BCUT2D eigenvalue weighted by molar-refractivity contribution is 5.78. The van der Waals surface area contributed by atoms with Crippen LogP contribution >= 0.6 is 0 Å². The summed E-state index contributed by atoms with van der Waals surface area (Å²) in [5.74, 6) is 0.0818. The highest BCUT2D eigenvalue weighted by Gasteiger charge is 2.29. The van der Waals surface area contributed by atoms with Crippen LogP contribution < -0.4 is 15.0 Å². The van der Waals surface area contributed by atoms with E-state index in [4.69, 9.17) is 4.74 Å². The Morgan fingerprint density at radius 2 is 2.50 bits per heavy atom. The number of aliphatic carboxylic acids is 1. The smallest absolute Gasteiger partial charge is 0.327 e. The molecule has 1 unspecified atom stereocenters. The minimum absolute atomic E-state index is 0.399. The number of nitrogens with zero attached hydrogens (tertiary/aromatic N) is 3. The first-order valence-corrected chi connectivity index (χ1v) is 5.87. The molecule has 7 heteroatoms. The summed E-state index contributed by atoms with van der Waals surface area (Å²) in [7, 11) is 0. The zero-order chi connectivity index (χ0) is 13.0. The van der Waals surface area contributed by atoms with E-state index in [0.717, 1.165) is 6.54 Å². The highest BCUT2D eigenvalue weighted by Crippen LogP contribution is 2.17. The minimum Gasteiger partial charge on any atom is -0.480 e. The number of anilines is 1. The summed E-state index contributed by atoms with van der Waals surface area (Å²) < 4.78 is 5.27. The van der Waals surface area contributed by atoms with Gasteiger partial charge in [-0.2, -0.15) is 4.98 Å². The fourth-order valence-corrected chi connectivity index (χ4v) is 1.89. The van der Waals surface area contributed by atoms with Crippen LogP contribution in [-0.2, 0) is 4.79 Å². The number of carboxylic acids is 1. The number of hydrogen-bond donors (Lipinski definition) is 2. The van der Waals surface area contributed by atoms with Crippen LogP contribution in [0, 0.1) is 0 Å². The van der Waals surface area contributed by atoms with Gasteiger partial charge in [0.1, 0.15) is 6.04 Å². The second kappa shape index (κ2) is 5.63. The Bertz CT molecular complexity index is 427. The lowest BCUT2D eigenvalue weighted by Crippen LogP contribution is -2.55. The van der Waals surface area contributed by atoms with Gasteiger partial charge in [-0.15, -0.1) is 0 Å². The SMILES string of the molecule is CCOc1cncc(N2CCNCC2C(=O)O)n1. The first-order valence-electron chi connectivity index (χ1n) is 5.87. The quantitative estimate of drug-likeness (QED) is 0.763. The molecule has 0 saturated carbocycles. The molecule has 0 radical (unpaired) electrons. The third-order valence-corrected chi connectivity index (χ3v) is 2.71. The molecule has 1 fully saturated rings. The van der Waals surface area contributed by atoms with Gasteiger partial charge < -0.3 is 20.1 Å². The van der Waals surface area contributed by atoms with E-state index >= 15 is 0 Å². The Kier molecular flexibility index (Phi) is 3.93. The molecule has 18 heavy (non-hydrogen) atoms. The molecule has 1 aromatic heterocycles. The van der Waals surface area contributed by atoms with Gasteiger partial charge in [0, 0.05) is 19.6 Å². The summed E-state index contributed by atoms with van der Waals surface area (Å²) in [5, 5.41) is 12.2. The van der Waals surface area contributed by atoms with Crippen LogP contribution in [0.5, 0.6) is 5.88 Å². The fourth-order valence-electron chi connectivity index (χ4n) is 1.89. The van der Waals surface area contributed by atoms with Crippen LogP contribution in [0.1, 0.15) is 6.92 Å². The molecule has 0 amide bonds. The fraction of sp³-hybridized carbons (Fsp3) is 0.545. The summed E-state index contributed by atoms with van der Waals surface area (Å²) in [6, 6.07) is -0.620. The van der Waals surface area contributed by atoms with Crippen LogP contribution in [0.3, 0.4) is 0 Å². The Hall–Kier alpha value is -1.89. The van der Waals surface area contributed by atoms with Gasteiger partial charge in [0.05, 0.1) is 19.0 Å². The second-order valence-electron chi connectivity index (χ2n) is 3.90. The normalized spacial score (nSPS) is 19.6. The largest absolute Gasteiger partial charge is 0.480 e. The molecule has 2 heterocycles. The first-order chi connectivity index (χ1) is 8.72. The van der Waals surface area contributed by atoms with E-state index in [1.165, 1.54) is 6.20 Å². The van der Waals surface area contributed by atoms with Crippen molar-refractivity contribution in [3.05, 3.63) is 12.4 Å². The highest BCUT2D eigenvalue weighted by atomic mass is 16.5. The van der Waals surface area contributed by atoms with Crippen LogP contribution in [-0.4, -0.2) is 53.3 Å². The number of aromatic nitrogens is 2. The standard InChI is InChI=1S/C11H16N4O3/c1-2-18-10-7-13-6-9(14-10)15-4-3-12-5-8(15)11(16)17/h6-8,12H,2-5H2,1H3,(H,16,17). The van der Waals surface area contributed by atoms with Gasteiger partial charge in [-0.05, 0) is 6.92 Å². The lowest BCUT2D eigenvalue weighted by atomic mass is 10.2. The zero-order valence-corrected chi connectivity index (χ0v) is 10.2. The number of nitrogens with one attached hydrogen (secondary N) is 1. The van der Waals surface area contributed by atoms with Crippen LogP contribution in [0.25, 0.3) is 0 Å². The van der Waals surface area contributed by atoms with Gasteiger partial charge in [-0.1, -0.05) is 0 Å². The van der Waals surface area contributed by atoms with E-state index in [2.05, 4.69) is 15.3 Å². The van der Waals surface area contributed by atoms with Crippen molar-refractivity contribution < 1.29 is 14.6 Å². The predicted molar refractivity (Wildman–Crippen MR) is 64.8 cm³/mol. The molecule has 0 aromatic carbocycles. The summed E-state index contributed by atoms with van der Waals surface area (Å²) in [6.07, 6.45) is 3.08. The number of hydrogen-bond acceptors (Lipinski definition) is 6. The molecule has 1 saturated heterocycles. The zero-order valence-electron chi connectivity index (χ0n) is 10.2. The average Bonchev–Trinajstić information content (AvgIpc) is 2.39. The minimum atomic E-state index is -0.870. The van der Waals surface area contributed by atoms with Crippen molar-refractivity contribution in [1.29, 1.82) is 0 Å². The second-order valence-corrected chi connectivity index (χ2v) is 3.90. The van der Waals surface area contributed by atoms with Gasteiger partial charge in [-0.25, -0.2) is 4.79 Å². The third kappa shape index (κ3) is 2.67. The Balaban J connectivity index is 2.22. The molecule has 0 aliphatic carbocycles. The van der Waals surface area contributed by atoms with Crippen LogP contribution in [0.2, 0.25) is 0 Å². The van der Waals surface area contributed by atoms with E-state index in [1.54, 1.807) is 11.1 Å². The Labute approximate surface area is 105 Å². The summed E-state index contributed by atoms with van der Waals surface area (Å²) >= 11 is 0. The summed E-state index contributed by atoms with van der Waals surface area (Å²) in [4.78, 5) is 21.2. The molecule has 0 spiro atoms. The maximum absolute atomic E-state index is 11.2. The van der Waals surface area contributed by atoms with E-state index < -0.39 is 12.0 Å². The third-order valence-electron chi connectivity index (χ3n) is 2.71. The number of carbonyl (C=O) groups is 1. The number of carboxylic acid groups (broad SMARTS) is 1. The van der Waals surface area contributed by atoms with Crippen molar-refractivity contribution in [2.45, 2.75) is 13.0 Å². The van der Waals surface area contributed by atoms with Gasteiger partial charge >= 0.3 is 5.97 Å². The van der Waals surface area contributed by atoms with E-state index in [9.17, 15) is 9.90 Å². The van der Waals surface area contributed by atoms with E-state index in [0.29, 0.717) is 31.4 Å². The van der Waals surface area contributed by atoms with E-state index in [1.807, 2.05) is 6.92 Å². The van der Waals surface area contributed by atoms with Gasteiger partial charge in [0.25, 0.3) is 0 Å². The van der Waals surface area contributed by atoms with Crippen molar-refractivity contribution in [3.8, 4) is 5.88 Å². The molecule has 7 nitrogen and oxygen atoms in total. The Morgan fingerprint density at radius 1 is 1.67 bits per heavy atom. The lowest BCUT2D eigenvalue weighted by molar-refractivity contribution is -0.138. The number of ether oxygens (including phenoxy) is 1. The molecular formula is C11H16N4O3. The monoisotopic (exact) mass is 252 g/mol. The molecule has 1 atom stereocenters. The first kappa shape index (κ1) is 12.6. The maximum atomic E-state index is 11.2. The molecule has 1 aromatic rings. The number of rotatable bonds is 4. The summed E-state index contributed by atoms with van der Waals surface area (Å²) in [5.41, 5.74) is 0. The average molecular weight is 252 g/mol. The molecular weight excluding hydrogens is 236 g/mol. The van der Waals surface area contributed by atoms with Crippen molar-refractivity contribution in [1.82, 2.24) is 15.3 Å². The van der Waals surface area contributed by atoms with Crippen molar-refractivity contribution in [2.24, 2.45) is 0 Å². The van der Waals surface area contributed by atoms with Crippen molar-refractivity contribution >= 4 is 11.8 Å². The van der Waals surface area contributed by atoms with E-state index in [-0.39, 0.29) is 0 Å². The van der Waals surface area contributed by atoms with Gasteiger partial charge in [0.15, 0.2) is 5.82 Å². The number of piperazine rings is 1. The van der Waals surface area contributed by atoms with Gasteiger partial charge in [-0.3, -0.25) is 4.98 Å².